The van der Waals surface area contributed by atoms with Gasteiger partial charge in [0.05, 0.1) is 5.69 Å². The van der Waals surface area contributed by atoms with Crippen LogP contribution < -0.4 is 5.32 Å². The summed E-state index contributed by atoms with van der Waals surface area (Å²) < 4.78 is 0. The first-order chi connectivity index (χ1) is 9.84. The predicted octanol–water partition coefficient (Wildman–Crippen LogP) is 2.79. The molecule has 0 amide bonds. The van der Waals surface area contributed by atoms with Gasteiger partial charge in [-0.05, 0) is 24.6 Å². The van der Waals surface area contributed by atoms with Gasteiger partial charge < -0.3 is 5.32 Å². The van der Waals surface area contributed by atoms with E-state index in [-0.39, 0.29) is 0 Å². The number of piperazine rings is 1. The van der Waals surface area contributed by atoms with Gasteiger partial charge in [0.1, 0.15) is 0 Å². The Morgan fingerprint density at radius 1 is 1.15 bits per heavy atom. The summed E-state index contributed by atoms with van der Waals surface area (Å²) in [6.45, 7) is 5.37. The topological polar surface area (TPSA) is 28.2 Å². The highest BCUT2D eigenvalue weighted by Crippen LogP contribution is 2.24. The average Bonchev–Trinajstić information content (AvgIpc) is 2.56. The monoisotopic (exact) mass is 267 g/mol. The van der Waals surface area contributed by atoms with E-state index >= 15 is 0 Å². The van der Waals surface area contributed by atoms with Crippen LogP contribution in [0.4, 0.5) is 0 Å². The fraction of sp³-hybridized carbons (Fsp3) is 0.353. The molecule has 2 atom stereocenters. The number of aromatic nitrogens is 1. The van der Waals surface area contributed by atoms with Crippen molar-refractivity contribution < 1.29 is 0 Å². The summed E-state index contributed by atoms with van der Waals surface area (Å²) in [6, 6.07) is 17.6. The largest absolute Gasteiger partial charge is 0.308 e. The Balaban J connectivity index is 1.72. The minimum Gasteiger partial charge on any atom is -0.308 e. The summed E-state index contributed by atoms with van der Waals surface area (Å²) in [5, 5.41) is 3.61. The standard InChI is InChI=1S/C17H21N3/c1-14(16-9-5-6-10-18-16)20-12-11-19-17(13-20)15-7-3-2-4-8-15/h2-10,14,17,19H,11-13H2,1H3. The molecule has 0 aliphatic carbocycles. The molecule has 1 aliphatic heterocycles. The van der Waals surface area contributed by atoms with Crippen LogP contribution in [0.2, 0.25) is 0 Å². The molecule has 0 bridgehead atoms. The lowest BCUT2D eigenvalue weighted by molar-refractivity contribution is 0.151. The fourth-order valence-electron chi connectivity index (χ4n) is 2.84. The molecular formula is C17H21N3. The van der Waals surface area contributed by atoms with Crippen molar-refractivity contribution in [3.8, 4) is 0 Å². The van der Waals surface area contributed by atoms with Crippen LogP contribution in [0.3, 0.4) is 0 Å². The van der Waals surface area contributed by atoms with Crippen molar-refractivity contribution in [1.82, 2.24) is 15.2 Å². The zero-order valence-corrected chi connectivity index (χ0v) is 11.9. The SMILES string of the molecule is CC(c1ccccn1)N1CCNC(c2ccccc2)C1. The second-order valence-corrected chi connectivity index (χ2v) is 5.34. The minimum atomic E-state index is 0.365. The Bertz CT molecular complexity index is 489. The van der Waals surface area contributed by atoms with Crippen molar-refractivity contribution >= 4 is 0 Å². The Morgan fingerprint density at radius 2 is 1.95 bits per heavy atom. The van der Waals surface area contributed by atoms with Crippen LogP contribution in [0.25, 0.3) is 0 Å². The molecule has 1 aromatic carbocycles. The molecule has 1 saturated heterocycles. The smallest absolute Gasteiger partial charge is 0.0572 e. The van der Waals surface area contributed by atoms with Crippen molar-refractivity contribution in [2.75, 3.05) is 19.6 Å². The molecule has 1 aromatic heterocycles. The highest BCUT2D eigenvalue weighted by molar-refractivity contribution is 5.20. The average molecular weight is 267 g/mol. The summed E-state index contributed by atoms with van der Waals surface area (Å²) >= 11 is 0. The van der Waals surface area contributed by atoms with Gasteiger partial charge in [-0.15, -0.1) is 0 Å². The van der Waals surface area contributed by atoms with E-state index in [9.17, 15) is 0 Å². The molecule has 3 nitrogen and oxygen atoms in total. The van der Waals surface area contributed by atoms with Gasteiger partial charge in [0, 0.05) is 37.9 Å². The van der Waals surface area contributed by atoms with Gasteiger partial charge in [-0.3, -0.25) is 9.88 Å². The van der Waals surface area contributed by atoms with Crippen LogP contribution >= 0.6 is 0 Å². The second kappa shape index (κ2) is 6.16. The van der Waals surface area contributed by atoms with Crippen LogP contribution in [-0.4, -0.2) is 29.5 Å². The van der Waals surface area contributed by atoms with E-state index in [2.05, 4.69) is 64.6 Å². The Morgan fingerprint density at radius 3 is 2.70 bits per heavy atom. The highest BCUT2D eigenvalue weighted by Gasteiger charge is 2.25. The molecule has 2 heterocycles. The lowest BCUT2D eigenvalue weighted by atomic mass is 10.0. The van der Waals surface area contributed by atoms with E-state index in [1.54, 1.807) is 0 Å². The van der Waals surface area contributed by atoms with E-state index in [0.717, 1.165) is 25.3 Å². The van der Waals surface area contributed by atoms with Gasteiger partial charge in [0.15, 0.2) is 0 Å². The number of nitrogens with one attached hydrogen (secondary N) is 1. The summed E-state index contributed by atoms with van der Waals surface area (Å²) in [5.74, 6) is 0. The number of nitrogens with zero attached hydrogens (tertiary/aromatic N) is 2. The summed E-state index contributed by atoms with van der Waals surface area (Å²) in [6.07, 6.45) is 1.88. The van der Waals surface area contributed by atoms with Crippen molar-refractivity contribution in [3.05, 3.63) is 66.0 Å². The molecular weight excluding hydrogens is 246 g/mol. The third kappa shape index (κ3) is 2.89. The summed E-state index contributed by atoms with van der Waals surface area (Å²) in [5.41, 5.74) is 2.52. The maximum absolute atomic E-state index is 4.49. The second-order valence-electron chi connectivity index (χ2n) is 5.34. The van der Waals surface area contributed by atoms with Crippen LogP contribution in [0.15, 0.2) is 54.7 Å². The first-order valence-corrected chi connectivity index (χ1v) is 7.28. The maximum Gasteiger partial charge on any atom is 0.0572 e. The van der Waals surface area contributed by atoms with E-state index in [1.807, 2.05) is 12.3 Å². The molecule has 0 radical (unpaired) electrons. The van der Waals surface area contributed by atoms with Gasteiger partial charge in [-0.2, -0.15) is 0 Å². The molecule has 0 saturated carbocycles. The molecule has 1 N–H and O–H groups in total. The van der Waals surface area contributed by atoms with Crippen molar-refractivity contribution in [2.45, 2.75) is 19.0 Å². The minimum absolute atomic E-state index is 0.365. The first kappa shape index (κ1) is 13.3. The van der Waals surface area contributed by atoms with Crippen LogP contribution in [0.5, 0.6) is 0 Å². The molecule has 1 fully saturated rings. The number of pyridine rings is 1. The van der Waals surface area contributed by atoms with Crippen LogP contribution in [-0.2, 0) is 0 Å². The van der Waals surface area contributed by atoms with Crippen LogP contribution in [0, 0.1) is 0 Å². The molecule has 3 rings (SSSR count). The van der Waals surface area contributed by atoms with Gasteiger partial charge in [0.2, 0.25) is 0 Å². The number of hydrogen-bond acceptors (Lipinski definition) is 3. The normalized spacial score (nSPS) is 21.6. The van der Waals surface area contributed by atoms with E-state index < -0.39 is 0 Å². The quantitative estimate of drug-likeness (QED) is 0.927. The van der Waals surface area contributed by atoms with Gasteiger partial charge in [-0.25, -0.2) is 0 Å². The molecule has 20 heavy (non-hydrogen) atoms. The van der Waals surface area contributed by atoms with Crippen molar-refractivity contribution in [3.63, 3.8) is 0 Å². The van der Waals surface area contributed by atoms with Crippen molar-refractivity contribution in [2.24, 2.45) is 0 Å². The summed E-state index contributed by atoms with van der Waals surface area (Å²) in [4.78, 5) is 7.00. The fourth-order valence-corrected chi connectivity index (χ4v) is 2.84. The Labute approximate surface area is 120 Å². The van der Waals surface area contributed by atoms with Gasteiger partial charge in [-0.1, -0.05) is 36.4 Å². The zero-order chi connectivity index (χ0) is 13.8. The number of hydrogen-bond donors (Lipinski definition) is 1. The van der Waals surface area contributed by atoms with E-state index in [1.165, 1.54) is 5.56 Å². The third-order valence-corrected chi connectivity index (χ3v) is 4.07. The van der Waals surface area contributed by atoms with Crippen molar-refractivity contribution in [1.29, 1.82) is 0 Å². The van der Waals surface area contributed by atoms with E-state index in [0.29, 0.717) is 12.1 Å². The van der Waals surface area contributed by atoms with Gasteiger partial charge in [0.25, 0.3) is 0 Å². The van der Waals surface area contributed by atoms with E-state index in [4.69, 9.17) is 0 Å². The molecule has 2 unspecified atom stereocenters. The number of benzene rings is 1. The number of rotatable bonds is 3. The molecule has 3 heteroatoms. The third-order valence-electron chi connectivity index (χ3n) is 4.07. The van der Waals surface area contributed by atoms with Gasteiger partial charge >= 0.3 is 0 Å². The molecule has 104 valence electrons. The Hall–Kier alpha value is -1.71. The maximum atomic E-state index is 4.49. The zero-order valence-electron chi connectivity index (χ0n) is 11.9. The first-order valence-electron chi connectivity index (χ1n) is 7.28. The van der Waals surface area contributed by atoms with Crippen LogP contribution in [0.1, 0.15) is 30.3 Å². The molecule has 0 spiro atoms. The molecule has 2 aromatic rings. The lowest BCUT2D eigenvalue weighted by Crippen LogP contribution is -2.46. The summed E-state index contributed by atoms with van der Waals surface area (Å²) in [7, 11) is 0. The Kier molecular flexibility index (Phi) is 4.09. The highest BCUT2D eigenvalue weighted by atomic mass is 15.2. The predicted molar refractivity (Wildman–Crippen MR) is 81.4 cm³/mol. The molecule has 1 aliphatic rings. The lowest BCUT2D eigenvalue weighted by Gasteiger charge is -2.37.